The summed E-state index contributed by atoms with van der Waals surface area (Å²) in [5.74, 6) is 1.35. The molecule has 4 nitrogen and oxygen atoms in total. The molecule has 84 valence electrons. The van der Waals surface area contributed by atoms with Crippen molar-refractivity contribution >= 4 is 0 Å². The van der Waals surface area contributed by atoms with Gasteiger partial charge in [0.2, 0.25) is 0 Å². The van der Waals surface area contributed by atoms with Gasteiger partial charge in [0.05, 0.1) is 11.9 Å². The Balaban J connectivity index is 2.10. The molecule has 0 radical (unpaired) electrons. The molecule has 2 heterocycles. The van der Waals surface area contributed by atoms with Crippen LogP contribution in [0.4, 0.5) is 0 Å². The minimum atomic E-state index is 0.593. The average molecular weight is 208 g/mol. The van der Waals surface area contributed by atoms with Gasteiger partial charge in [-0.2, -0.15) is 0 Å². The van der Waals surface area contributed by atoms with Crippen LogP contribution >= 0.6 is 0 Å². The Hall–Kier alpha value is -0.900. The zero-order valence-electron chi connectivity index (χ0n) is 9.61. The molecule has 2 atom stereocenters. The lowest BCUT2D eigenvalue weighted by Gasteiger charge is -2.27. The number of nitrogens with one attached hydrogen (secondary N) is 1. The number of nitrogens with zero attached hydrogens (tertiary/aromatic N) is 3. The quantitative estimate of drug-likeness (QED) is 0.816. The van der Waals surface area contributed by atoms with E-state index >= 15 is 0 Å². The lowest BCUT2D eigenvalue weighted by molar-refractivity contribution is 0.348. The number of rotatable bonds is 3. The molecule has 1 fully saturated rings. The molecule has 15 heavy (non-hydrogen) atoms. The van der Waals surface area contributed by atoms with Crippen molar-refractivity contribution in [1.29, 1.82) is 0 Å². The van der Waals surface area contributed by atoms with Gasteiger partial charge in [-0.05, 0) is 25.3 Å². The monoisotopic (exact) mass is 208 g/mol. The van der Waals surface area contributed by atoms with E-state index in [9.17, 15) is 0 Å². The van der Waals surface area contributed by atoms with Crippen LogP contribution < -0.4 is 5.32 Å². The first kappa shape index (κ1) is 10.6. The Labute approximate surface area is 91.1 Å². The third-order valence-electron chi connectivity index (χ3n) is 3.07. The Bertz CT molecular complexity index is 307. The summed E-state index contributed by atoms with van der Waals surface area (Å²) in [6.07, 6.45) is 4.30. The van der Waals surface area contributed by atoms with Crippen LogP contribution in [0, 0.1) is 5.92 Å². The van der Waals surface area contributed by atoms with Gasteiger partial charge in [0.1, 0.15) is 0 Å². The lowest BCUT2D eigenvalue weighted by Crippen LogP contribution is -2.34. The van der Waals surface area contributed by atoms with Crippen LogP contribution in [0.1, 0.15) is 38.3 Å². The van der Waals surface area contributed by atoms with Crippen LogP contribution in [0.25, 0.3) is 0 Å². The first-order valence-corrected chi connectivity index (χ1v) is 5.90. The first-order valence-electron chi connectivity index (χ1n) is 5.90. The van der Waals surface area contributed by atoms with Crippen molar-refractivity contribution in [2.75, 3.05) is 13.1 Å². The second kappa shape index (κ2) is 4.75. The second-order valence-electron chi connectivity index (χ2n) is 4.58. The molecule has 1 aliphatic heterocycles. The van der Waals surface area contributed by atoms with E-state index in [0.717, 1.165) is 32.0 Å². The molecule has 1 aromatic rings. The fraction of sp³-hybridized carbons (Fsp3) is 0.818. The van der Waals surface area contributed by atoms with E-state index in [1.54, 1.807) is 0 Å². The molecule has 0 aromatic carbocycles. The molecule has 2 rings (SSSR count). The van der Waals surface area contributed by atoms with E-state index in [-0.39, 0.29) is 0 Å². The van der Waals surface area contributed by atoms with E-state index in [4.69, 9.17) is 0 Å². The van der Waals surface area contributed by atoms with Crippen molar-refractivity contribution in [1.82, 2.24) is 20.3 Å². The third kappa shape index (κ3) is 2.37. The summed E-state index contributed by atoms with van der Waals surface area (Å²) >= 11 is 0. The molecule has 4 heteroatoms. The standard InChI is InChI=1S/C11H20N4/c1-3-4-15-11(8-13-14-15)10-5-9(2)6-12-7-10/h8-10,12H,3-7H2,1-2H3. The smallest absolute Gasteiger partial charge is 0.0728 e. The molecular weight excluding hydrogens is 188 g/mol. The molecule has 1 aliphatic rings. The van der Waals surface area contributed by atoms with Crippen molar-refractivity contribution in [3.05, 3.63) is 11.9 Å². The normalized spacial score (nSPS) is 26.8. The Morgan fingerprint density at radius 1 is 1.53 bits per heavy atom. The lowest BCUT2D eigenvalue weighted by atomic mass is 9.90. The van der Waals surface area contributed by atoms with Crippen molar-refractivity contribution in [3.8, 4) is 0 Å². The summed E-state index contributed by atoms with van der Waals surface area (Å²) in [4.78, 5) is 0. The minimum absolute atomic E-state index is 0.593. The zero-order valence-corrected chi connectivity index (χ0v) is 9.61. The van der Waals surface area contributed by atoms with Gasteiger partial charge in [0.15, 0.2) is 0 Å². The first-order chi connectivity index (χ1) is 7.31. The number of aryl methyl sites for hydroxylation is 1. The summed E-state index contributed by atoms with van der Waals surface area (Å²) in [5.41, 5.74) is 1.30. The Morgan fingerprint density at radius 2 is 2.40 bits per heavy atom. The maximum Gasteiger partial charge on any atom is 0.0728 e. The predicted molar refractivity (Wildman–Crippen MR) is 59.7 cm³/mol. The molecule has 0 saturated carbocycles. The van der Waals surface area contributed by atoms with E-state index in [2.05, 4.69) is 34.2 Å². The number of aromatic nitrogens is 3. The van der Waals surface area contributed by atoms with E-state index in [0.29, 0.717) is 5.92 Å². The van der Waals surface area contributed by atoms with Gasteiger partial charge in [-0.25, -0.2) is 4.68 Å². The van der Waals surface area contributed by atoms with Crippen LogP contribution in [-0.2, 0) is 6.54 Å². The highest BCUT2D eigenvalue weighted by Crippen LogP contribution is 2.25. The van der Waals surface area contributed by atoms with E-state index in [1.165, 1.54) is 12.1 Å². The Morgan fingerprint density at radius 3 is 3.13 bits per heavy atom. The van der Waals surface area contributed by atoms with Crippen molar-refractivity contribution in [2.24, 2.45) is 5.92 Å². The highest BCUT2D eigenvalue weighted by molar-refractivity contribution is 5.06. The predicted octanol–water partition coefficient (Wildman–Crippen LogP) is 1.40. The highest BCUT2D eigenvalue weighted by atomic mass is 15.4. The number of piperidine rings is 1. The maximum atomic E-state index is 4.15. The average Bonchev–Trinajstić information content (AvgIpc) is 2.66. The molecule has 0 spiro atoms. The van der Waals surface area contributed by atoms with Gasteiger partial charge >= 0.3 is 0 Å². The van der Waals surface area contributed by atoms with Crippen molar-refractivity contribution in [3.63, 3.8) is 0 Å². The van der Waals surface area contributed by atoms with Crippen LogP contribution in [0.15, 0.2) is 6.20 Å². The van der Waals surface area contributed by atoms with Crippen LogP contribution in [0.5, 0.6) is 0 Å². The molecule has 1 saturated heterocycles. The molecule has 0 amide bonds. The van der Waals surface area contributed by atoms with E-state index in [1.807, 2.05) is 6.20 Å². The zero-order chi connectivity index (χ0) is 10.7. The molecule has 1 aromatic heterocycles. The highest BCUT2D eigenvalue weighted by Gasteiger charge is 2.23. The fourth-order valence-electron chi connectivity index (χ4n) is 2.35. The van der Waals surface area contributed by atoms with Crippen molar-refractivity contribution in [2.45, 2.75) is 39.2 Å². The van der Waals surface area contributed by atoms with Crippen LogP contribution in [0.2, 0.25) is 0 Å². The van der Waals surface area contributed by atoms with Gasteiger partial charge < -0.3 is 5.32 Å². The fourth-order valence-corrected chi connectivity index (χ4v) is 2.35. The SMILES string of the molecule is CCCn1nncc1C1CNCC(C)C1. The van der Waals surface area contributed by atoms with Gasteiger partial charge in [-0.15, -0.1) is 5.10 Å². The third-order valence-corrected chi connectivity index (χ3v) is 3.07. The van der Waals surface area contributed by atoms with Gasteiger partial charge in [-0.3, -0.25) is 0 Å². The second-order valence-corrected chi connectivity index (χ2v) is 4.58. The molecule has 2 unspecified atom stereocenters. The summed E-state index contributed by atoms with van der Waals surface area (Å²) in [7, 11) is 0. The van der Waals surface area contributed by atoms with Crippen molar-refractivity contribution < 1.29 is 0 Å². The largest absolute Gasteiger partial charge is 0.316 e. The summed E-state index contributed by atoms with van der Waals surface area (Å²) in [6, 6.07) is 0. The number of hydrogen-bond acceptors (Lipinski definition) is 3. The summed E-state index contributed by atoms with van der Waals surface area (Å²) in [5, 5.41) is 11.6. The molecular formula is C11H20N4. The minimum Gasteiger partial charge on any atom is -0.316 e. The maximum absolute atomic E-state index is 4.15. The summed E-state index contributed by atoms with van der Waals surface area (Å²) in [6.45, 7) is 7.67. The van der Waals surface area contributed by atoms with Gasteiger partial charge in [0.25, 0.3) is 0 Å². The van der Waals surface area contributed by atoms with Gasteiger partial charge in [-0.1, -0.05) is 19.1 Å². The van der Waals surface area contributed by atoms with Crippen LogP contribution in [-0.4, -0.2) is 28.1 Å². The molecule has 0 bridgehead atoms. The molecule has 1 N–H and O–H groups in total. The molecule has 0 aliphatic carbocycles. The van der Waals surface area contributed by atoms with E-state index < -0.39 is 0 Å². The topological polar surface area (TPSA) is 42.7 Å². The van der Waals surface area contributed by atoms with Crippen LogP contribution in [0.3, 0.4) is 0 Å². The van der Waals surface area contributed by atoms with Gasteiger partial charge in [0, 0.05) is 19.0 Å². The summed E-state index contributed by atoms with van der Waals surface area (Å²) < 4.78 is 2.06. The Kier molecular flexibility index (Phi) is 3.36. The number of hydrogen-bond donors (Lipinski definition) is 1.